The van der Waals surface area contributed by atoms with E-state index in [1.807, 2.05) is 0 Å². The summed E-state index contributed by atoms with van der Waals surface area (Å²) in [4.78, 5) is 22.3. The van der Waals surface area contributed by atoms with Crippen LogP contribution < -0.4 is 0 Å². The number of carboxylic acid groups (broad SMARTS) is 2. The second-order valence-corrected chi connectivity index (χ2v) is 4.76. The number of hydrogen-bond donors (Lipinski definition) is 2. The fourth-order valence-corrected chi connectivity index (χ4v) is 3.37. The largest absolute Gasteiger partial charge is 0.481 e. The van der Waals surface area contributed by atoms with Crippen molar-refractivity contribution in [1.29, 1.82) is 0 Å². The van der Waals surface area contributed by atoms with Gasteiger partial charge in [0.05, 0.1) is 11.8 Å². The number of carbonyl (C=O) groups is 2. The highest BCUT2D eigenvalue weighted by molar-refractivity contribution is 5.80. The molecule has 0 aromatic rings. The van der Waals surface area contributed by atoms with Gasteiger partial charge in [-0.15, -0.1) is 0 Å². The quantitative estimate of drug-likeness (QED) is 0.729. The molecule has 15 heavy (non-hydrogen) atoms. The zero-order valence-corrected chi connectivity index (χ0v) is 8.56. The summed E-state index contributed by atoms with van der Waals surface area (Å²) in [7, 11) is 0. The summed E-state index contributed by atoms with van der Waals surface area (Å²) in [5.74, 6) is -2.96. The van der Waals surface area contributed by atoms with Gasteiger partial charge < -0.3 is 10.2 Å². The van der Waals surface area contributed by atoms with Crippen molar-refractivity contribution in [1.82, 2.24) is 0 Å². The third-order valence-electron chi connectivity index (χ3n) is 4.03. The van der Waals surface area contributed by atoms with Crippen molar-refractivity contribution in [2.75, 3.05) is 0 Å². The molecule has 84 valence electrons. The van der Waals surface area contributed by atoms with E-state index in [-0.39, 0.29) is 11.8 Å². The molecule has 0 saturated heterocycles. The summed E-state index contributed by atoms with van der Waals surface area (Å²) in [5, 5.41) is 18.3. The van der Waals surface area contributed by atoms with Gasteiger partial charge in [-0.1, -0.05) is 6.42 Å². The lowest BCUT2D eigenvalue weighted by Gasteiger charge is -2.35. The van der Waals surface area contributed by atoms with Gasteiger partial charge >= 0.3 is 11.9 Å². The molecule has 2 bridgehead atoms. The van der Waals surface area contributed by atoms with Crippen LogP contribution in [-0.2, 0) is 9.59 Å². The van der Waals surface area contributed by atoms with Crippen LogP contribution in [0.2, 0.25) is 0 Å². The molecular formula is C11H16O4. The smallest absolute Gasteiger partial charge is 0.307 e. The van der Waals surface area contributed by atoms with Crippen LogP contribution in [0.1, 0.15) is 32.1 Å². The van der Waals surface area contributed by atoms with Gasteiger partial charge in [-0.05, 0) is 37.5 Å². The maximum atomic E-state index is 11.1. The van der Waals surface area contributed by atoms with Gasteiger partial charge in [0.25, 0.3) is 0 Å². The summed E-state index contributed by atoms with van der Waals surface area (Å²) in [6.07, 6.45) is 4.55. The van der Waals surface area contributed by atoms with Crippen molar-refractivity contribution in [2.45, 2.75) is 32.1 Å². The van der Waals surface area contributed by atoms with E-state index in [0.717, 1.165) is 32.1 Å². The second-order valence-electron chi connectivity index (χ2n) is 4.76. The molecule has 3 saturated carbocycles. The van der Waals surface area contributed by atoms with Crippen LogP contribution in [-0.4, -0.2) is 22.2 Å². The Morgan fingerprint density at radius 3 is 1.53 bits per heavy atom. The lowest BCUT2D eigenvalue weighted by Crippen LogP contribution is -2.41. The molecule has 3 rings (SSSR count). The van der Waals surface area contributed by atoms with Crippen LogP contribution in [0, 0.1) is 23.7 Å². The Bertz CT molecular complexity index is 254. The molecule has 0 aromatic carbocycles. The highest BCUT2D eigenvalue weighted by atomic mass is 16.4. The predicted octanol–water partition coefficient (Wildman–Crippen LogP) is 1.60. The third-order valence-corrected chi connectivity index (χ3v) is 4.03. The first-order chi connectivity index (χ1) is 7.11. The van der Waals surface area contributed by atoms with Crippen LogP contribution in [0.25, 0.3) is 0 Å². The highest BCUT2D eigenvalue weighted by Gasteiger charge is 2.48. The minimum absolute atomic E-state index is 0.0855. The maximum absolute atomic E-state index is 11.1. The highest BCUT2D eigenvalue weighted by Crippen LogP contribution is 2.46. The minimum Gasteiger partial charge on any atom is -0.481 e. The Kier molecular flexibility index (Phi) is 2.67. The number of hydrogen-bond acceptors (Lipinski definition) is 2. The first-order valence-corrected chi connectivity index (χ1v) is 5.57. The van der Waals surface area contributed by atoms with Crippen molar-refractivity contribution in [3.8, 4) is 0 Å². The van der Waals surface area contributed by atoms with Crippen LogP contribution >= 0.6 is 0 Å². The molecule has 2 N–H and O–H groups in total. The molecule has 4 heteroatoms. The Labute approximate surface area is 88.3 Å². The number of aliphatic carboxylic acids is 2. The summed E-state index contributed by atoms with van der Waals surface area (Å²) in [5.41, 5.74) is 0. The maximum Gasteiger partial charge on any atom is 0.307 e. The van der Waals surface area contributed by atoms with Crippen LogP contribution in [0.4, 0.5) is 0 Å². The van der Waals surface area contributed by atoms with E-state index in [4.69, 9.17) is 10.2 Å². The van der Waals surface area contributed by atoms with E-state index in [2.05, 4.69) is 0 Å². The van der Waals surface area contributed by atoms with Crippen LogP contribution in [0.3, 0.4) is 0 Å². The number of carboxylic acids is 2. The van der Waals surface area contributed by atoms with Crippen LogP contribution in [0.5, 0.6) is 0 Å². The summed E-state index contributed by atoms with van der Waals surface area (Å²) in [6.45, 7) is 0. The molecule has 0 radical (unpaired) electrons. The second kappa shape index (κ2) is 3.83. The number of rotatable bonds is 2. The molecular weight excluding hydrogens is 196 g/mol. The molecule has 0 spiro atoms. The Balaban J connectivity index is 2.31. The van der Waals surface area contributed by atoms with E-state index in [1.165, 1.54) is 0 Å². The summed E-state index contributed by atoms with van der Waals surface area (Å²) >= 11 is 0. The van der Waals surface area contributed by atoms with Crippen molar-refractivity contribution >= 4 is 11.9 Å². The normalized spacial score (nSPS) is 39.7. The number of fused-ring (bicyclic) bond motifs is 4. The molecule has 3 fully saturated rings. The zero-order valence-electron chi connectivity index (χ0n) is 8.56. The molecule has 3 aliphatic rings. The molecule has 0 unspecified atom stereocenters. The summed E-state index contributed by atoms with van der Waals surface area (Å²) < 4.78 is 0. The molecule has 0 amide bonds. The van der Waals surface area contributed by atoms with Crippen molar-refractivity contribution in [3.63, 3.8) is 0 Å². The average Bonchev–Trinajstić information content (AvgIpc) is 2.48. The van der Waals surface area contributed by atoms with Crippen molar-refractivity contribution in [2.24, 2.45) is 23.7 Å². The lowest BCUT2D eigenvalue weighted by molar-refractivity contribution is -0.160. The fraction of sp³-hybridized carbons (Fsp3) is 0.818. The standard InChI is InChI=1S/C11H16O4/c12-10(13)8-6-2-1-3-7(5-4-6)9(8)11(14)15/h6-9H,1-5H2,(H,12,13)(H,14,15)/t6-,7+,8-,9-/m0/s1. The molecule has 4 atom stereocenters. The molecule has 0 heterocycles. The van der Waals surface area contributed by atoms with E-state index in [9.17, 15) is 9.59 Å². The van der Waals surface area contributed by atoms with Gasteiger partial charge in [-0.3, -0.25) is 9.59 Å². The van der Waals surface area contributed by atoms with E-state index >= 15 is 0 Å². The zero-order chi connectivity index (χ0) is 11.0. The molecule has 0 aliphatic heterocycles. The van der Waals surface area contributed by atoms with Gasteiger partial charge in [0.1, 0.15) is 0 Å². The van der Waals surface area contributed by atoms with Gasteiger partial charge in [0.15, 0.2) is 0 Å². The van der Waals surface area contributed by atoms with E-state index in [0.29, 0.717) is 0 Å². The topological polar surface area (TPSA) is 74.6 Å². The monoisotopic (exact) mass is 212 g/mol. The SMILES string of the molecule is O=C(O)[C@H]1[C@@H]2CCC[C@@H](CC2)[C@@H]1C(=O)O. The van der Waals surface area contributed by atoms with Crippen LogP contribution in [0.15, 0.2) is 0 Å². The van der Waals surface area contributed by atoms with Gasteiger partial charge in [-0.2, -0.15) is 0 Å². The van der Waals surface area contributed by atoms with Gasteiger partial charge in [0.2, 0.25) is 0 Å². The van der Waals surface area contributed by atoms with Gasteiger partial charge in [-0.25, -0.2) is 0 Å². The van der Waals surface area contributed by atoms with Gasteiger partial charge in [0, 0.05) is 0 Å². The first kappa shape index (κ1) is 10.5. The first-order valence-electron chi connectivity index (χ1n) is 5.57. The lowest BCUT2D eigenvalue weighted by atomic mass is 9.68. The fourth-order valence-electron chi connectivity index (χ4n) is 3.37. The predicted molar refractivity (Wildman–Crippen MR) is 52.3 cm³/mol. The molecule has 0 aromatic heterocycles. The Morgan fingerprint density at radius 1 is 0.800 bits per heavy atom. The van der Waals surface area contributed by atoms with Crippen molar-refractivity contribution < 1.29 is 19.8 Å². The summed E-state index contributed by atoms with van der Waals surface area (Å²) in [6, 6.07) is 0. The van der Waals surface area contributed by atoms with E-state index < -0.39 is 23.8 Å². The average molecular weight is 212 g/mol. The van der Waals surface area contributed by atoms with Crippen molar-refractivity contribution in [3.05, 3.63) is 0 Å². The molecule has 4 nitrogen and oxygen atoms in total. The Morgan fingerprint density at radius 2 is 1.20 bits per heavy atom. The minimum atomic E-state index is -0.918. The third kappa shape index (κ3) is 1.73. The van der Waals surface area contributed by atoms with E-state index in [1.54, 1.807) is 0 Å². The molecule has 3 aliphatic carbocycles. The Hall–Kier alpha value is -1.06.